The van der Waals surface area contributed by atoms with Gasteiger partial charge in [-0.05, 0) is 195 Å². The maximum absolute atomic E-state index is 13.4. The van der Waals surface area contributed by atoms with E-state index in [2.05, 4.69) is 36.4 Å². The number of hydrogen-bond acceptors (Lipinski definition) is 8. The molecule has 6 aromatic carbocycles. The Morgan fingerprint density at radius 2 is 0.864 bits per heavy atom. The van der Waals surface area contributed by atoms with Gasteiger partial charge in [-0.2, -0.15) is 0 Å². The van der Waals surface area contributed by atoms with E-state index in [4.69, 9.17) is 18.9 Å². The van der Waals surface area contributed by atoms with Gasteiger partial charge in [-0.1, -0.05) is 24.3 Å². The van der Waals surface area contributed by atoms with Crippen molar-refractivity contribution in [1.29, 1.82) is 0 Å². The van der Waals surface area contributed by atoms with E-state index in [1.807, 2.05) is 12.1 Å². The van der Waals surface area contributed by atoms with Crippen LogP contribution < -0.4 is 18.9 Å². The molecule has 0 heterocycles. The molecule has 0 saturated heterocycles. The number of carbonyl (C=O) groups excluding carboxylic acids is 2. The minimum Gasteiger partial charge on any atom is -0.497 e. The second kappa shape index (κ2) is 15.5. The summed E-state index contributed by atoms with van der Waals surface area (Å²) in [6.45, 7) is 1.50. The van der Waals surface area contributed by atoms with Crippen LogP contribution in [0.5, 0.6) is 34.5 Å². The molecule has 4 bridgehead atoms. The van der Waals surface area contributed by atoms with Crippen LogP contribution in [0.15, 0.2) is 155 Å². The predicted molar refractivity (Wildman–Crippen MR) is 224 cm³/mol. The monoisotopic (exact) mass is 804 g/mol. The predicted octanol–water partition coefficient (Wildman–Crippen LogP) is 11.3. The lowest BCUT2D eigenvalue weighted by Crippen LogP contribution is -2.56. The molecule has 4 aliphatic carbocycles. The second-order valence-electron chi connectivity index (χ2n) is 16.1. The van der Waals surface area contributed by atoms with Gasteiger partial charge < -0.3 is 18.9 Å². The van der Waals surface area contributed by atoms with Gasteiger partial charge in [0.2, 0.25) is 9.84 Å². The summed E-state index contributed by atoms with van der Waals surface area (Å²) in [6.07, 6.45) is 6.43. The number of carbonyl (C=O) groups is 2. The molecular weight excluding hydrogens is 761 g/mol. The van der Waals surface area contributed by atoms with E-state index in [9.17, 15) is 18.0 Å². The zero-order valence-corrected chi connectivity index (χ0v) is 33.7. The fraction of sp³-hybridized carbons (Fsp3) is 0.240. The van der Waals surface area contributed by atoms with Gasteiger partial charge in [0, 0.05) is 11.0 Å². The standard InChI is InChI=1S/C50H44O8S/c1-32(51)35-3-11-42(12-4-35)56-44-19-23-47(24-20-44)59(53,54)48-25-21-45(22-26-48)57-43-13-5-36(6-14-43)49(52)58-46-17-9-38(10-18-46)50(37-7-15-41(55-2)16-8-37)39-28-33-27-34(30-39)31-40(50)29-33/h3-26,33-34,39-40H,27-31H2,1-2H3. The zero-order valence-electron chi connectivity index (χ0n) is 32.9. The molecule has 10 rings (SSSR count). The van der Waals surface area contributed by atoms with Crippen LogP contribution in [0.1, 0.15) is 70.9 Å². The van der Waals surface area contributed by atoms with Gasteiger partial charge in [0.15, 0.2) is 5.78 Å². The first-order valence-electron chi connectivity index (χ1n) is 20.1. The quantitative estimate of drug-likeness (QED) is 0.0684. The number of ketones is 1. The Morgan fingerprint density at radius 1 is 0.492 bits per heavy atom. The summed E-state index contributed by atoms with van der Waals surface area (Å²) < 4.78 is 49.9. The molecule has 9 heteroatoms. The lowest BCUT2D eigenvalue weighted by atomic mass is 9.42. The minimum absolute atomic E-state index is 0.0391. The van der Waals surface area contributed by atoms with Gasteiger partial charge in [-0.15, -0.1) is 0 Å². The van der Waals surface area contributed by atoms with Crippen molar-refractivity contribution in [1.82, 2.24) is 0 Å². The van der Waals surface area contributed by atoms with Crippen LogP contribution in [-0.2, 0) is 15.3 Å². The second-order valence-corrected chi connectivity index (χ2v) is 18.0. The van der Waals surface area contributed by atoms with Crippen molar-refractivity contribution >= 4 is 21.6 Å². The summed E-state index contributed by atoms with van der Waals surface area (Å²) in [7, 11) is -2.11. The minimum atomic E-state index is -3.81. The van der Waals surface area contributed by atoms with Crippen LogP contribution in [0, 0.1) is 23.7 Å². The maximum Gasteiger partial charge on any atom is 0.343 e. The van der Waals surface area contributed by atoms with Crippen molar-refractivity contribution < 1.29 is 37.0 Å². The highest BCUT2D eigenvalue weighted by Crippen LogP contribution is 2.65. The van der Waals surface area contributed by atoms with Gasteiger partial charge >= 0.3 is 5.97 Å². The molecule has 0 amide bonds. The van der Waals surface area contributed by atoms with E-state index in [0.29, 0.717) is 51.7 Å². The number of hydrogen-bond donors (Lipinski definition) is 0. The van der Waals surface area contributed by atoms with Crippen LogP contribution in [0.2, 0.25) is 0 Å². The number of ether oxygens (including phenoxy) is 4. The van der Waals surface area contributed by atoms with Crippen molar-refractivity contribution in [3.63, 3.8) is 0 Å². The molecule has 4 fully saturated rings. The Kier molecular flexibility index (Phi) is 10.1. The first-order valence-corrected chi connectivity index (χ1v) is 21.6. The van der Waals surface area contributed by atoms with Crippen LogP contribution in [0.3, 0.4) is 0 Å². The number of Topliss-reactive ketones (excluding diaryl/α,β-unsaturated/α-hetero) is 1. The fourth-order valence-corrected chi connectivity index (χ4v) is 11.3. The van der Waals surface area contributed by atoms with Gasteiger partial charge in [-0.25, -0.2) is 13.2 Å². The highest BCUT2D eigenvalue weighted by atomic mass is 32.2. The molecule has 4 aliphatic rings. The smallest absolute Gasteiger partial charge is 0.343 e. The van der Waals surface area contributed by atoms with Crippen molar-refractivity contribution in [3.05, 3.63) is 168 Å². The molecule has 59 heavy (non-hydrogen) atoms. The Hall–Kier alpha value is -6.19. The average Bonchev–Trinajstić information content (AvgIpc) is 3.25. The van der Waals surface area contributed by atoms with Gasteiger partial charge in [0.05, 0.1) is 22.5 Å². The third kappa shape index (κ3) is 7.40. The van der Waals surface area contributed by atoms with E-state index in [0.717, 1.165) is 17.6 Å². The average molecular weight is 805 g/mol. The van der Waals surface area contributed by atoms with E-state index >= 15 is 0 Å². The van der Waals surface area contributed by atoms with E-state index in [1.54, 1.807) is 79.9 Å². The zero-order chi connectivity index (χ0) is 40.7. The van der Waals surface area contributed by atoms with E-state index in [-0.39, 0.29) is 21.0 Å². The maximum atomic E-state index is 13.4. The number of sulfone groups is 1. The molecule has 0 radical (unpaired) electrons. The lowest BCUT2D eigenvalue weighted by Gasteiger charge is -2.62. The molecule has 298 valence electrons. The van der Waals surface area contributed by atoms with Crippen molar-refractivity contribution in [2.45, 2.75) is 54.2 Å². The first-order chi connectivity index (χ1) is 28.6. The molecule has 0 aliphatic heterocycles. The molecule has 6 aromatic rings. The van der Waals surface area contributed by atoms with Gasteiger partial charge in [-0.3, -0.25) is 4.79 Å². The molecule has 0 aromatic heterocycles. The molecule has 0 atom stereocenters. The highest BCUT2D eigenvalue weighted by molar-refractivity contribution is 7.91. The topological polar surface area (TPSA) is 105 Å². The molecule has 4 saturated carbocycles. The van der Waals surface area contributed by atoms with Crippen molar-refractivity contribution in [2.24, 2.45) is 23.7 Å². The molecule has 0 N–H and O–H groups in total. The number of methoxy groups -OCH3 is 1. The van der Waals surface area contributed by atoms with Crippen molar-refractivity contribution in [2.75, 3.05) is 7.11 Å². The third-order valence-corrected chi connectivity index (χ3v) is 14.4. The molecule has 8 nitrogen and oxygen atoms in total. The SMILES string of the molecule is COc1ccc(C2(c3ccc(OC(=O)c4ccc(Oc5ccc(S(=O)(=O)c6ccc(Oc7ccc(C(C)=O)cc7)cc6)cc5)cc4)cc3)C3CC4CC(C3)CC2C4)cc1. The summed E-state index contributed by atoms with van der Waals surface area (Å²) in [4.78, 5) is 25.0. The molecule has 0 unspecified atom stereocenters. The number of esters is 1. The summed E-state index contributed by atoms with van der Waals surface area (Å²) >= 11 is 0. The van der Waals surface area contributed by atoms with Crippen molar-refractivity contribution in [3.8, 4) is 34.5 Å². The highest BCUT2D eigenvalue weighted by Gasteiger charge is 2.58. The Balaban J connectivity index is 0.831. The number of rotatable bonds is 12. The third-order valence-electron chi connectivity index (χ3n) is 12.6. The number of benzene rings is 6. The fourth-order valence-electron chi connectivity index (χ4n) is 10.1. The van der Waals surface area contributed by atoms with Crippen LogP contribution in [-0.4, -0.2) is 27.3 Å². The summed E-state index contributed by atoms with van der Waals surface area (Å²) in [5, 5.41) is 0. The van der Waals surface area contributed by atoms with Crippen LogP contribution in [0.25, 0.3) is 0 Å². The van der Waals surface area contributed by atoms with Crippen LogP contribution >= 0.6 is 0 Å². The van der Waals surface area contributed by atoms with E-state index < -0.39 is 15.8 Å². The lowest BCUT2D eigenvalue weighted by molar-refractivity contribution is -0.0418. The summed E-state index contributed by atoms with van der Waals surface area (Å²) in [6, 6.07) is 42.5. The summed E-state index contributed by atoms with van der Waals surface area (Å²) in [5.41, 5.74) is 3.53. The summed E-state index contributed by atoms with van der Waals surface area (Å²) in [5.74, 6) is 5.58. The Morgan fingerprint density at radius 3 is 1.27 bits per heavy atom. The van der Waals surface area contributed by atoms with Crippen LogP contribution in [0.4, 0.5) is 0 Å². The largest absolute Gasteiger partial charge is 0.497 e. The molecular formula is C50H44O8S. The van der Waals surface area contributed by atoms with E-state index in [1.165, 1.54) is 74.4 Å². The van der Waals surface area contributed by atoms with Gasteiger partial charge in [0.1, 0.15) is 34.5 Å². The normalized spacial score (nSPS) is 21.7. The van der Waals surface area contributed by atoms with Gasteiger partial charge in [0.25, 0.3) is 0 Å². The Labute approximate surface area is 344 Å². The molecule has 0 spiro atoms. The first kappa shape index (κ1) is 38.3. The Bertz CT molecular complexity index is 2550.